The fourth-order valence-electron chi connectivity index (χ4n) is 3.03. The Balaban J connectivity index is 3.15. The number of allylic oxidation sites excluding steroid dienone is 2. The highest BCUT2D eigenvalue weighted by Crippen LogP contribution is 2.29. The van der Waals surface area contributed by atoms with Gasteiger partial charge >= 0.3 is 5.97 Å². The molecule has 6 heteroatoms. The second-order valence-electron chi connectivity index (χ2n) is 8.58. The van der Waals surface area contributed by atoms with Crippen molar-refractivity contribution in [3.05, 3.63) is 23.3 Å². The first-order valence-corrected chi connectivity index (χ1v) is 10.5. The van der Waals surface area contributed by atoms with Gasteiger partial charge in [0, 0.05) is 5.57 Å². The Kier molecular flexibility index (Phi) is 9.42. The average molecular weight is 411 g/mol. The molecule has 1 heterocycles. The highest BCUT2D eigenvalue weighted by Gasteiger charge is 2.32. The van der Waals surface area contributed by atoms with Gasteiger partial charge in [0.05, 0.1) is 12.1 Å². The van der Waals surface area contributed by atoms with Crippen LogP contribution in [0, 0.1) is 5.41 Å². The Hall–Kier alpha value is -1.62. The van der Waals surface area contributed by atoms with E-state index in [2.05, 4.69) is 32.7 Å². The van der Waals surface area contributed by atoms with Gasteiger partial charge in [-0.2, -0.15) is 0 Å². The molecular weight excluding hydrogens is 376 g/mol. The van der Waals surface area contributed by atoms with Crippen LogP contribution in [0.25, 0.3) is 0 Å². The Morgan fingerprint density at radius 1 is 1.25 bits per heavy atom. The monoisotopic (exact) mass is 410 g/mol. The van der Waals surface area contributed by atoms with Gasteiger partial charge in [0.15, 0.2) is 5.17 Å². The van der Waals surface area contributed by atoms with Gasteiger partial charge in [0.25, 0.3) is 5.91 Å². The van der Waals surface area contributed by atoms with E-state index in [0.29, 0.717) is 12.0 Å². The lowest BCUT2D eigenvalue weighted by molar-refractivity contribution is -0.142. The van der Waals surface area contributed by atoms with Crippen LogP contribution in [0.5, 0.6) is 0 Å². The number of rotatable bonds is 9. The van der Waals surface area contributed by atoms with Crippen molar-refractivity contribution >= 4 is 28.6 Å². The van der Waals surface area contributed by atoms with E-state index >= 15 is 0 Å². The van der Waals surface area contributed by atoms with Crippen LogP contribution in [-0.4, -0.2) is 40.8 Å². The summed E-state index contributed by atoms with van der Waals surface area (Å²) in [6.07, 6.45) is 6.77. The Labute approximate surface area is 174 Å². The minimum Gasteiger partial charge on any atom is -0.460 e. The summed E-state index contributed by atoms with van der Waals surface area (Å²) >= 11 is 5.95. The normalized spacial score (nSPS) is 17.2. The fourth-order valence-corrected chi connectivity index (χ4v) is 3.19. The summed E-state index contributed by atoms with van der Waals surface area (Å²) in [5.74, 6) is -0.516. The maximum absolute atomic E-state index is 12.5. The molecule has 0 aromatic rings. The van der Waals surface area contributed by atoms with Crippen LogP contribution in [0.15, 0.2) is 28.3 Å². The van der Waals surface area contributed by atoms with Crippen molar-refractivity contribution in [3.63, 3.8) is 0 Å². The van der Waals surface area contributed by atoms with Crippen LogP contribution in [-0.2, 0) is 14.3 Å². The van der Waals surface area contributed by atoms with Crippen LogP contribution in [0.4, 0.5) is 0 Å². The summed E-state index contributed by atoms with van der Waals surface area (Å²) in [6, 6.07) is -0.0906. The Bertz CT molecular complexity index is 657. The largest absolute Gasteiger partial charge is 0.460 e. The number of nitrogens with zero attached hydrogens (tertiary/aromatic N) is 2. The molecule has 1 rings (SSSR count). The first-order valence-electron chi connectivity index (χ1n) is 10.1. The fraction of sp³-hybridized carbons (Fsp3) is 0.682. The molecule has 1 unspecified atom stereocenters. The maximum Gasteiger partial charge on any atom is 0.334 e. The van der Waals surface area contributed by atoms with E-state index < -0.39 is 0 Å². The van der Waals surface area contributed by atoms with Crippen molar-refractivity contribution in [1.82, 2.24) is 4.90 Å². The summed E-state index contributed by atoms with van der Waals surface area (Å²) in [7, 11) is 0. The Morgan fingerprint density at radius 2 is 1.89 bits per heavy atom. The molecule has 1 aliphatic heterocycles. The van der Waals surface area contributed by atoms with Gasteiger partial charge in [0.2, 0.25) is 0 Å². The molecule has 0 aromatic heterocycles. The van der Waals surface area contributed by atoms with Crippen molar-refractivity contribution in [3.8, 4) is 0 Å². The topological polar surface area (TPSA) is 59.0 Å². The number of carbonyl (C=O) groups is 2. The van der Waals surface area contributed by atoms with Crippen molar-refractivity contribution in [2.45, 2.75) is 86.3 Å². The number of esters is 1. The highest BCUT2D eigenvalue weighted by atomic mass is 35.5. The zero-order valence-corrected chi connectivity index (χ0v) is 19.1. The summed E-state index contributed by atoms with van der Waals surface area (Å²) in [5.41, 5.74) is 1.86. The minimum absolute atomic E-state index is 0.0431. The molecule has 1 amide bonds. The molecule has 1 aliphatic rings. The molecule has 0 bridgehead atoms. The van der Waals surface area contributed by atoms with Gasteiger partial charge in [-0.3, -0.25) is 4.79 Å². The molecule has 0 saturated heterocycles. The Morgan fingerprint density at radius 3 is 2.32 bits per heavy atom. The summed E-state index contributed by atoms with van der Waals surface area (Å²) in [4.78, 5) is 30.5. The molecule has 158 valence electrons. The van der Waals surface area contributed by atoms with E-state index in [1.54, 1.807) is 4.90 Å². The van der Waals surface area contributed by atoms with Crippen LogP contribution >= 0.6 is 11.6 Å². The van der Waals surface area contributed by atoms with Gasteiger partial charge in [-0.15, -0.1) is 0 Å². The molecule has 0 spiro atoms. The zero-order chi connectivity index (χ0) is 21.5. The molecule has 0 N–H and O–H groups in total. The smallest absolute Gasteiger partial charge is 0.334 e. The van der Waals surface area contributed by atoms with Gasteiger partial charge in [-0.25, -0.2) is 9.79 Å². The van der Waals surface area contributed by atoms with Crippen LogP contribution < -0.4 is 0 Å². The number of halogens is 1. The molecule has 0 saturated carbocycles. The molecule has 1 atom stereocenters. The first kappa shape index (κ1) is 24.4. The SMILES string of the molecule is CC/C(=C\C=C(/CC)C(CCC(C)(C)C)N1CN=C(Cl)C1=O)C(=O)OC(C)C. The summed E-state index contributed by atoms with van der Waals surface area (Å²) in [5, 5.41) is 0.0431. The highest BCUT2D eigenvalue weighted by molar-refractivity contribution is 6.83. The minimum atomic E-state index is -0.293. The second-order valence-corrected chi connectivity index (χ2v) is 8.93. The molecule has 0 radical (unpaired) electrons. The van der Waals surface area contributed by atoms with E-state index in [1.165, 1.54) is 0 Å². The zero-order valence-electron chi connectivity index (χ0n) is 18.3. The predicted octanol–water partition coefficient (Wildman–Crippen LogP) is 5.24. The third kappa shape index (κ3) is 7.42. The lowest BCUT2D eigenvalue weighted by Gasteiger charge is -2.31. The van der Waals surface area contributed by atoms with E-state index in [4.69, 9.17) is 16.3 Å². The van der Waals surface area contributed by atoms with Crippen molar-refractivity contribution < 1.29 is 14.3 Å². The van der Waals surface area contributed by atoms with Crippen LogP contribution in [0.1, 0.15) is 74.1 Å². The lowest BCUT2D eigenvalue weighted by Crippen LogP contribution is -2.40. The molecule has 0 aromatic carbocycles. The standard InChI is InChI=1S/C22H35ClN2O3/c1-8-16(10-11-17(9-2)21(27)28-15(3)4)18(12-13-22(5,6)7)25-14-24-19(23)20(25)26/h10-11,15,18H,8-9,12-14H2,1-7H3/b16-10+,17-11+. The average Bonchev–Trinajstić information content (AvgIpc) is 2.91. The molecular formula is C22H35ClN2O3. The number of aliphatic imine (C=N–C) groups is 1. The van der Waals surface area contributed by atoms with Gasteiger partial charge in [-0.05, 0) is 50.5 Å². The molecule has 0 aliphatic carbocycles. The molecule has 28 heavy (non-hydrogen) atoms. The van der Waals surface area contributed by atoms with Gasteiger partial charge < -0.3 is 9.64 Å². The summed E-state index contributed by atoms with van der Waals surface area (Å²) < 4.78 is 5.32. The third-order valence-electron chi connectivity index (χ3n) is 4.66. The number of carbonyl (C=O) groups excluding carboxylic acids is 2. The molecule has 5 nitrogen and oxygen atoms in total. The van der Waals surface area contributed by atoms with E-state index in [0.717, 1.165) is 24.8 Å². The van der Waals surface area contributed by atoms with Crippen LogP contribution in [0.2, 0.25) is 0 Å². The second kappa shape index (κ2) is 10.8. The maximum atomic E-state index is 12.5. The van der Waals surface area contributed by atoms with E-state index in [9.17, 15) is 9.59 Å². The molecule has 0 fully saturated rings. The summed E-state index contributed by atoms with van der Waals surface area (Å²) in [6.45, 7) is 14.5. The van der Waals surface area contributed by atoms with Gasteiger partial charge in [-0.1, -0.05) is 58.4 Å². The van der Waals surface area contributed by atoms with Crippen molar-refractivity contribution in [2.75, 3.05) is 6.67 Å². The van der Waals surface area contributed by atoms with Gasteiger partial charge in [0.1, 0.15) is 6.67 Å². The van der Waals surface area contributed by atoms with E-state index in [1.807, 2.05) is 32.9 Å². The third-order valence-corrected chi connectivity index (χ3v) is 4.95. The predicted molar refractivity (Wildman–Crippen MR) is 115 cm³/mol. The number of ether oxygens (including phenoxy) is 1. The van der Waals surface area contributed by atoms with Crippen molar-refractivity contribution in [1.29, 1.82) is 0 Å². The van der Waals surface area contributed by atoms with E-state index in [-0.39, 0.29) is 41.3 Å². The number of hydrogen-bond acceptors (Lipinski definition) is 4. The first-order chi connectivity index (χ1) is 13.0. The van der Waals surface area contributed by atoms with Crippen molar-refractivity contribution in [2.24, 2.45) is 10.4 Å². The lowest BCUT2D eigenvalue weighted by atomic mass is 9.86. The number of amides is 1. The quantitative estimate of drug-likeness (QED) is 0.296. The van der Waals surface area contributed by atoms with Crippen LogP contribution in [0.3, 0.4) is 0 Å². The number of hydrogen-bond donors (Lipinski definition) is 0.